The summed E-state index contributed by atoms with van der Waals surface area (Å²) in [5.74, 6) is 1.46. The summed E-state index contributed by atoms with van der Waals surface area (Å²) in [6, 6.07) is 13.9. The Kier molecular flexibility index (Phi) is 3.71. The summed E-state index contributed by atoms with van der Waals surface area (Å²) >= 11 is 3.46. The first-order valence-corrected chi connectivity index (χ1v) is 7.00. The molecule has 0 atom stereocenters. The minimum atomic E-state index is 0.342. The summed E-state index contributed by atoms with van der Waals surface area (Å²) in [5, 5.41) is 6.12. The fraction of sp³-hybridized carbons (Fsp3) is 0.133. The van der Waals surface area contributed by atoms with Gasteiger partial charge in [-0.25, -0.2) is 0 Å². The Balaban J connectivity index is 1.75. The molecule has 20 heavy (non-hydrogen) atoms. The Bertz CT molecular complexity index is 740. The van der Waals surface area contributed by atoms with E-state index in [1.54, 1.807) is 6.07 Å². The number of benzene rings is 2. The SMILES string of the molecule is NCc1cc(COc2ccc3cc(Br)ccc3c2)on1. The second-order valence-electron chi connectivity index (χ2n) is 4.43. The lowest BCUT2D eigenvalue weighted by Gasteiger charge is -2.05. The fourth-order valence-corrected chi connectivity index (χ4v) is 2.34. The van der Waals surface area contributed by atoms with E-state index in [9.17, 15) is 0 Å². The number of rotatable bonds is 4. The first-order valence-electron chi connectivity index (χ1n) is 6.21. The zero-order valence-corrected chi connectivity index (χ0v) is 12.3. The van der Waals surface area contributed by atoms with E-state index < -0.39 is 0 Å². The van der Waals surface area contributed by atoms with Crippen molar-refractivity contribution in [3.8, 4) is 5.75 Å². The number of ether oxygens (including phenoxy) is 1. The molecule has 3 rings (SSSR count). The summed E-state index contributed by atoms with van der Waals surface area (Å²) < 4.78 is 11.9. The third kappa shape index (κ3) is 2.84. The molecule has 1 aromatic heterocycles. The molecule has 0 saturated heterocycles. The predicted octanol–water partition coefficient (Wildman–Crippen LogP) is 3.63. The summed E-state index contributed by atoms with van der Waals surface area (Å²) in [5.41, 5.74) is 6.21. The highest BCUT2D eigenvalue weighted by atomic mass is 79.9. The van der Waals surface area contributed by atoms with Crippen LogP contribution in [0, 0.1) is 0 Å². The molecule has 3 aromatic rings. The molecule has 0 aliphatic carbocycles. The van der Waals surface area contributed by atoms with Crippen LogP contribution in [0.5, 0.6) is 5.75 Å². The highest BCUT2D eigenvalue weighted by molar-refractivity contribution is 9.10. The molecule has 0 bridgehead atoms. The fourth-order valence-electron chi connectivity index (χ4n) is 1.96. The summed E-state index contributed by atoms with van der Waals surface area (Å²) in [7, 11) is 0. The van der Waals surface area contributed by atoms with Gasteiger partial charge < -0.3 is 15.0 Å². The molecule has 0 unspecified atom stereocenters. The third-order valence-corrected chi connectivity index (χ3v) is 3.46. The average Bonchev–Trinajstić information content (AvgIpc) is 2.93. The number of hydrogen-bond acceptors (Lipinski definition) is 4. The van der Waals surface area contributed by atoms with Gasteiger partial charge in [-0.2, -0.15) is 0 Å². The molecule has 1 heterocycles. The van der Waals surface area contributed by atoms with Crippen LogP contribution in [0.15, 0.2) is 51.5 Å². The van der Waals surface area contributed by atoms with Crippen molar-refractivity contribution >= 4 is 26.7 Å². The molecule has 4 nitrogen and oxygen atoms in total. The van der Waals surface area contributed by atoms with Gasteiger partial charge in [-0.3, -0.25) is 0 Å². The first kappa shape index (κ1) is 13.1. The minimum Gasteiger partial charge on any atom is -0.486 e. The topological polar surface area (TPSA) is 61.3 Å². The highest BCUT2D eigenvalue weighted by Gasteiger charge is 2.04. The van der Waals surface area contributed by atoms with Gasteiger partial charge in [0.15, 0.2) is 5.76 Å². The molecule has 102 valence electrons. The van der Waals surface area contributed by atoms with Crippen LogP contribution < -0.4 is 10.5 Å². The third-order valence-electron chi connectivity index (χ3n) is 2.97. The van der Waals surface area contributed by atoms with Crippen LogP contribution in [0.25, 0.3) is 10.8 Å². The van der Waals surface area contributed by atoms with Crippen LogP contribution in [0.3, 0.4) is 0 Å². The Morgan fingerprint density at radius 1 is 1.10 bits per heavy atom. The zero-order chi connectivity index (χ0) is 13.9. The lowest BCUT2D eigenvalue weighted by molar-refractivity contribution is 0.249. The van der Waals surface area contributed by atoms with E-state index in [-0.39, 0.29) is 0 Å². The van der Waals surface area contributed by atoms with Crippen molar-refractivity contribution < 1.29 is 9.26 Å². The standard InChI is InChI=1S/C15H13BrN2O2/c16-12-3-1-11-6-14(4-2-10(11)5-12)19-9-15-7-13(8-17)18-20-15/h1-7H,8-9,17H2. The molecule has 2 aromatic carbocycles. The lowest BCUT2D eigenvalue weighted by Crippen LogP contribution is -1.96. The van der Waals surface area contributed by atoms with Crippen LogP contribution in [0.4, 0.5) is 0 Å². The van der Waals surface area contributed by atoms with Crippen LogP contribution in [-0.4, -0.2) is 5.16 Å². The Labute approximate surface area is 124 Å². The van der Waals surface area contributed by atoms with E-state index >= 15 is 0 Å². The van der Waals surface area contributed by atoms with Gasteiger partial charge in [-0.15, -0.1) is 0 Å². The van der Waals surface area contributed by atoms with Crippen molar-refractivity contribution in [2.24, 2.45) is 5.73 Å². The van der Waals surface area contributed by atoms with Crippen LogP contribution in [0.2, 0.25) is 0 Å². The second-order valence-corrected chi connectivity index (χ2v) is 5.35. The van der Waals surface area contributed by atoms with Gasteiger partial charge >= 0.3 is 0 Å². The van der Waals surface area contributed by atoms with Crippen molar-refractivity contribution in [3.05, 3.63) is 58.4 Å². The quantitative estimate of drug-likeness (QED) is 0.792. The molecule has 0 saturated carbocycles. The van der Waals surface area contributed by atoms with Crippen molar-refractivity contribution in [2.45, 2.75) is 13.2 Å². The maximum Gasteiger partial charge on any atom is 0.174 e. The molecular weight excluding hydrogens is 320 g/mol. The predicted molar refractivity (Wildman–Crippen MR) is 80.4 cm³/mol. The van der Waals surface area contributed by atoms with E-state index in [1.807, 2.05) is 30.3 Å². The number of hydrogen-bond donors (Lipinski definition) is 1. The average molecular weight is 333 g/mol. The highest BCUT2D eigenvalue weighted by Crippen LogP contribution is 2.24. The number of nitrogens with zero attached hydrogens (tertiary/aromatic N) is 1. The van der Waals surface area contributed by atoms with Gasteiger partial charge in [-0.1, -0.05) is 33.2 Å². The van der Waals surface area contributed by atoms with Crippen molar-refractivity contribution in [1.82, 2.24) is 5.16 Å². The Morgan fingerprint density at radius 2 is 1.90 bits per heavy atom. The molecule has 2 N–H and O–H groups in total. The molecular formula is C15H13BrN2O2. The number of halogens is 1. The van der Waals surface area contributed by atoms with Crippen LogP contribution in [-0.2, 0) is 13.2 Å². The van der Waals surface area contributed by atoms with Gasteiger partial charge in [0, 0.05) is 17.1 Å². The molecule has 0 fully saturated rings. The lowest BCUT2D eigenvalue weighted by atomic mass is 10.1. The summed E-state index contributed by atoms with van der Waals surface area (Å²) in [6.07, 6.45) is 0. The van der Waals surface area contributed by atoms with Crippen LogP contribution >= 0.6 is 15.9 Å². The normalized spacial score (nSPS) is 10.9. The van der Waals surface area contributed by atoms with Gasteiger partial charge in [0.05, 0.1) is 5.69 Å². The molecule has 0 aliphatic heterocycles. The van der Waals surface area contributed by atoms with Crippen molar-refractivity contribution in [3.63, 3.8) is 0 Å². The summed E-state index contributed by atoms with van der Waals surface area (Å²) in [6.45, 7) is 0.712. The monoisotopic (exact) mass is 332 g/mol. The molecule has 0 spiro atoms. The van der Waals surface area contributed by atoms with Crippen molar-refractivity contribution in [2.75, 3.05) is 0 Å². The summed E-state index contributed by atoms with van der Waals surface area (Å²) in [4.78, 5) is 0. The van der Waals surface area contributed by atoms with Gasteiger partial charge in [-0.05, 0) is 35.0 Å². The molecule has 5 heteroatoms. The van der Waals surface area contributed by atoms with E-state index in [0.717, 1.165) is 26.7 Å². The van der Waals surface area contributed by atoms with Gasteiger partial charge in [0.1, 0.15) is 12.4 Å². The van der Waals surface area contributed by atoms with Gasteiger partial charge in [0.2, 0.25) is 0 Å². The molecule has 0 radical (unpaired) electrons. The second kappa shape index (κ2) is 5.64. The van der Waals surface area contributed by atoms with E-state index in [1.165, 1.54) is 0 Å². The van der Waals surface area contributed by atoms with E-state index in [2.05, 4.69) is 27.2 Å². The first-order chi connectivity index (χ1) is 9.74. The maximum atomic E-state index is 5.70. The smallest absolute Gasteiger partial charge is 0.174 e. The number of nitrogens with two attached hydrogens (primary N) is 1. The van der Waals surface area contributed by atoms with E-state index in [0.29, 0.717) is 18.9 Å². The van der Waals surface area contributed by atoms with Crippen molar-refractivity contribution in [1.29, 1.82) is 0 Å². The largest absolute Gasteiger partial charge is 0.486 e. The number of aromatic nitrogens is 1. The zero-order valence-electron chi connectivity index (χ0n) is 10.7. The Hall–Kier alpha value is -1.85. The van der Waals surface area contributed by atoms with E-state index in [4.69, 9.17) is 15.0 Å². The maximum absolute atomic E-state index is 5.70. The molecule has 0 aliphatic rings. The van der Waals surface area contributed by atoms with Crippen LogP contribution in [0.1, 0.15) is 11.5 Å². The number of fused-ring (bicyclic) bond motifs is 1. The Morgan fingerprint density at radius 3 is 2.70 bits per heavy atom. The molecule has 0 amide bonds. The van der Waals surface area contributed by atoms with Gasteiger partial charge in [0.25, 0.3) is 0 Å². The minimum absolute atomic E-state index is 0.342.